The number of nitrogens with one attached hydrogen (secondary N) is 1. The molecule has 0 radical (unpaired) electrons. The van der Waals surface area contributed by atoms with Crippen molar-refractivity contribution in [2.45, 2.75) is 25.4 Å². The van der Waals surface area contributed by atoms with Crippen molar-refractivity contribution < 1.29 is 19.1 Å². The molecule has 2 aromatic carbocycles. The average Bonchev–Trinajstić information content (AvgIpc) is 3.27. The van der Waals surface area contributed by atoms with Crippen molar-refractivity contribution in [3.8, 4) is 5.75 Å². The molecule has 7 heteroatoms. The van der Waals surface area contributed by atoms with E-state index in [0.717, 1.165) is 24.2 Å². The number of rotatable bonds is 4. The molecule has 0 bridgehead atoms. The van der Waals surface area contributed by atoms with Gasteiger partial charge >= 0.3 is 0 Å². The third kappa shape index (κ3) is 4.23. The Labute approximate surface area is 181 Å². The molecule has 5 rings (SSSR count). The number of morpholine rings is 1. The summed E-state index contributed by atoms with van der Waals surface area (Å²) >= 11 is 0. The summed E-state index contributed by atoms with van der Waals surface area (Å²) < 4.78 is 11.4. The van der Waals surface area contributed by atoms with Gasteiger partial charge in [-0.25, -0.2) is 0 Å². The van der Waals surface area contributed by atoms with Gasteiger partial charge in [0.1, 0.15) is 5.75 Å². The summed E-state index contributed by atoms with van der Waals surface area (Å²) in [5.74, 6) is 0.472. The summed E-state index contributed by atoms with van der Waals surface area (Å²) in [6, 6.07) is 13.7. The first-order valence-electron chi connectivity index (χ1n) is 11.0. The van der Waals surface area contributed by atoms with E-state index < -0.39 is 6.10 Å². The second-order valence-corrected chi connectivity index (χ2v) is 8.28. The Hall–Kier alpha value is -3.06. The van der Waals surface area contributed by atoms with Crippen LogP contribution in [-0.4, -0.2) is 62.2 Å². The summed E-state index contributed by atoms with van der Waals surface area (Å²) in [7, 11) is 0. The van der Waals surface area contributed by atoms with Crippen molar-refractivity contribution in [1.82, 2.24) is 4.90 Å². The fourth-order valence-electron chi connectivity index (χ4n) is 4.60. The van der Waals surface area contributed by atoms with Crippen molar-refractivity contribution in [2.24, 2.45) is 0 Å². The number of anilines is 2. The van der Waals surface area contributed by atoms with Gasteiger partial charge in [-0.05, 0) is 54.7 Å². The number of benzene rings is 2. The lowest BCUT2D eigenvalue weighted by molar-refractivity contribution is -0.142. The molecule has 2 heterocycles. The van der Waals surface area contributed by atoms with E-state index in [-0.39, 0.29) is 18.4 Å². The molecule has 2 amide bonds. The van der Waals surface area contributed by atoms with Gasteiger partial charge in [0.25, 0.3) is 5.91 Å². The minimum absolute atomic E-state index is 0.0539. The first kappa shape index (κ1) is 19.9. The van der Waals surface area contributed by atoms with Crippen LogP contribution in [0.1, 0.15) is 17.5 Å². The van der Waals surface area contributed by atoms with Crippen LogP contribution in [0.5, 0.6) is 5.75 Å². The van der Waals surface area contributed by atoms with Crippen LogP contribution in [0.25, 0.3) is 0 Å². The minimum atomic E-state index is -0.638. The van der Waals surface area contributed by atoms with Crippen molar-refractivity contribution in [2.75, 3.05) is 49.6 Å². The van der Waals surface area contributed by atoms with Gasteiger partial charge in [0.2, 0.25) is 5.91 Å². The van der Waals surface area contributed by atoms with Gasteiger partial charge in [0, 0.05) is 18.8 Å². The molecule has 2 aromatic rings. The van der Waals surface area contributed by atoms with Crippen LogP contribution in [0.4, 0.5) is 11.4 Å². The second-order valence-electron chi connectivity index (χ2n) is 8.28. The molecule has 0 saturated carbocycles. The molecule has 162 valence electrons. The summed E-state index contributed by atoms with van der Waals surface area (Å²) in [6.45, 7) is 2.72. The Morgan fingerprint density at radius 1 is 1.03 bits per heavy atom. The van der Waals surface area contributed by atoms with Crippen LogP contribution in [0.2, 0.25) is 0 Å². The SMILES string of the molecule is O=C(CN1C[C@@H](C(=O)N2CCOCC2)Oc2ccccc21)Nc1ccc2c(c1)CCC2. The summed E-state index contributed by atoms with van der Waals surface area (Å²) in [5, 5.41) is 3.02. The van der Waals surface area contributed by atoms with Gasteiger partial charge in [-0.3, -0.25) is 9.59 Å². The summed E-state index contributed by atoms with van der Waals surface area (Å²) in [6.07, 6.45) is 2.73. The highest BCUT2D eigenvalue weighted by Crippen LogP contribution is 2.33. The van der Waals surface area contributed by atoms with Crippen LogP contribution in [-0.2, 0) is 27.2 Å². The zero-order valence-corrected chi connectivity index (χ0v) is 17.5. The molecule has 1 fully saturated rings. The monoisotopic (exact) mass is 421 g/mol. The molecular weight excluding hydrogens is 394 g/mol. The maximum absolute atomic E-state index is 13.0. The van der Waals surface area contributed by atoms with E-state index in [9.17, 15) is 9.59 Å². The van der Waals surface area contributed by atoms with Gasteiger partial charge in [0.15, 0.2) is 6.10 Å². The quantitative estimate of drug-likeness (QED) is 0.820. The smallest absolute Gasteiger partial charge is 0.265 e. The van der Waals surface area contributed by atoms with E-state index in [4.69, 9.17) is 9.47 Å². The Balaban J connectivity index is 1.30. The zero-order valence-electron chi connectivity index (χ0n) is 17.5. The van der Waals surface area contributed by atoms with Gasteiger partial charge in [0.05, 0.1) is 32.0 Å². The molecule has 0 spiro atoms. The molecule has 1 saturated heterocycles. The predicted octanol–water partition coefficient (Wildman–Crippen LogP) is 2.24. The molecule has 7 nitrogen and oxygen atoms in total. The third-order valence-electron chi connectivity index (χ3n) is 6.18. The first-order valence-corrected chi connectivity index (χ1v) is 11.0. The van der Waals surface area contributed by atoms with Gasteiger partial charge in [-0.1, -0.05) is 18.2 Å². The fourth-order valence-corrected chi connectivity index (χ4v) is 4.60. The third-order valence-corrected chi connectivity index (χ3v) is 6.18. The number of hydrogen-bond donors (Lipinski definition) is 1. The van der Waals surface area contributed by atoms with Crippen LogP contribution < -0.4 is 15.0 Å². The number of amides is 2. The van der Waals surface area contributed by atoms with E-state index in [0.29, 0.717) is 38.6 Å². The van der Waals surface area contributed by atoms with Crippen LogP contribution in [0.3, 0.4) is 0 Å². The van der Waals surface area contributed by atoms with Crippen molar-refractivity contribution in [3.05, 3.63) is 53.6 Å². The number of carbonyl (C=O) groups excluding carboxylic acids is 2. The minimum Gasteiger partial charge on any atom is -0.477 e. The highest BCUT2D eigenvalue weighted by atomic mass is 16.5. The highest BCUT2D eigenvalue weighted by Gasteiger charge is 2.34. The van der Waals surface area contributed by atoms with Crippen molar-refractivity contribution in [1.29, 1.82) is 0 Å². The maximum atomic E-state index is 13.0. The molecule has 0 unspecified atom stereocenters. The molecule has 3 aliphatic rings. The summed E-state index contributed by atoms with van der Waals surface area (Å²) in [4.78, 5) is 29.6. The molecule has 31 heavy (non-hydrogen) atoms. The molecule has 0 aromatic heterocycles. The van der Waals surface area contributed by atoms with E-state index in [2.05, 4.69) is 17.4 Å². The van der Waals surface area contributed by atoms with Crippen LogP contribution in [0, 0.1) is 0 Å². The van der Waals surface area contributed by atoms with Gasteiger partial charge in [-0.2, -0.15) is 0 Å². The maximum Gasteiger partial charge on any atom is 0.265 e. The lowest BCUT2D eigenvalue weighted by Crippen LogP contribution is -2.53. The van der Waals surface area contributed by atoms with Crippen molar-refractivity contribution >= 4 is 23.2 Å². The van der Waals surface area contributed by atoms with Crippen LogP contribution in [0.15, 0.2) is 42.5 Å². The number of para-hydroxylation sites is 2. The van der Waals surface area contributed by atoms with E-state index in [1.54, 1.807) is 4.90 Å². The molecule has 1 aliphatic carbocycles. The topological polar surface area (TPSA) is 71.1 Å². The second kappa shape index (κ2) is 8.59. The first-order chi connectivity index (χ1) is 15.2. The molecule has 2 aliphatic heterocycles. The molecular formula is C24H27N3O4. The highest BCUT2D eigenvalue weighted by molar-refractivity contribution is 5.95. The lowest BCUT2D eigenvalue weighted by Gasteiger charge is -2.38. The van der Waals surface area contributed by atoms with E-state index in [1.165, 1.54) is 17.5 Å². The number of carbonyl (C=O) groups is 2. The predicted molar refractivity (Wildman–Crippen MR) is 118 cm³/mol. The normalized spacial score (nSPS) is 19.9. The van der Waals surface area contributed by atoms with E-state index in [1.807, 2.05) is 35.2 Å². The average molecular weight is 421 g/mol. The van der Waals surface area contributed by atoms with E-state index >= 15 is 0 Å². The van der Waals surface area contributed by atoms with Crippen LogP contribution >= 0.6 is 0 Å². The fraction of sp³-hybridized carbons (Fsp3) is 0.417. The number of fused-ring (bicyclic) bond motifs is 2. The Bertz CT molecular complexity index is 987. The van der Waals surface area contributed by atoms with Crippen molar-refractivity contribution in [3.63, 3.8) is 0 Å². The Kier molecular flexibility index (Phi) is 5.51. The number of ether oxygens (including phenoxy) is 2. The zero-order chi connectivity index (χ0) is 21.2. The Morgan fingerprint density at radius 2 is 1.84 bits per heavy atom. The largest absolute Gasteiger partial charge is 0.477 e. The van der Waals surface area contributed by atoms with Gasteiger partial charge < -0.3 is 24.6 Å². The number of nitrogens with zero attached hydrogens (tertiary/aromatic N) is 2. The lowest BCUT2D eigenvalue weighted by atomic mass is 10.1. The Morgan fingerprint density at radius 3 is 2.71 bits per heavy atom. The molecule has 1 atom stereocenters. The standard InChI is InChI=1S/C24H27N3O4/c28-23(25-19-9-8-17-4-3-5-18(17)14-19)16-27-15-22(24(29)26-10-12-30-13-11-26)31-21-7-2-1-6-20(21)27/h1-2,6-9,14,22H,3-5,10-13,15-16H2,(H,25,28)/t22-/m0/s1. The number of aryl methyl sites for hydroxylation is 2. The number of hydrogen-bond acceptors (Lipinski definition) is 5. The summed E-state index contributed by atoms with van der Waals surface area (Å²) in [5.41, 5.74) is 4.36. The van der Waals surface area contributed by atoms with Gasteiger partial charge in [-0.15, -0.1) is 0 Å². The molecule has 1 N–H and O–H groups in total.